The van der Waals surface area contributed by atoms with E-state index in [1.807, 2.05) is 26.0 Å². The maximum Gasteiger partial charge on any atom is 0.271 e. The van der Waals surface area contributed by atoms with E-state index in [1.54, 1.807) is 58.0 Å². The molecule has 5 atom stereocenters. The van der Waals surface area contributed by atoms with Gasteiger partial charge in [-0.3, -0.25) is 29.2 Å². The molecule has 5 aromatic rings. The third kappa shape index (κ3) is 12.4. The molecule has 2 aliphatic heterocycles. The van der Waals surface area contributed by atoms with Crippen molar-refractivity contribution < 1.29 is 32.3 Å². The number of fused-ring (bicyclic) bond motifs is 2. The van der Waals surface area contributed by atoms with Gasteiger partial charge in [0.1, 0.15) is 46.4 Å². The largest absolute Gasteiger partial charge is 0.492 e. The molecule has 4 amide bonds. The van der Waals surface area contributed by atoms with Crippen LogP contribution in [0.4, 0.5) is 17.5 Å². The summed E-state index contributed by atoms with van der Waals surface area (Å²) in [5.41, 5.74) is 4.75. The van der Waals surface area contributed by atoms with E-state index in [2.05, 4.69) is 78.6 Å². The molecule has 1 saturated carbocycles. The number of likely N-dealkylation sites (tertiary alicyclic amines) is 1. The SMILES string of the molecule is CNC(C)C(=O)NC(C(=O)N1C[C@@H](NC(=O)c2cnc(N3CCN(CCCOc4cc5ncnc(Nc6n[nH]c(C)c6C)c5cc4S(=O)(=O)C(C)(C)C)CC3)cn2)C[C@H]1C(=O)N[C@@H]1CCCc2ccccc21)C1CCCCC1. The Bertz CT molecular complexity index is 3080. The second kappa shape index (κ2) is 24.1. The summed E-state index contributed by atoms with van der Waals surface area (Å²) in [5.74, 6) is 0.493. The fourth-order valence-electron chi connectivity index (χ4n) is 11.1. The van der Waals surface area contributed by atoms with Crippen LogP contribution in [0.3, 0.4) is 0 Å². The Kier molecular flexibility index (Phi) is 17.3. The number of likely N-dealkylation sites (N-methyl/N-ethyl adjacent to an activating group) is 1. The first-order chi connectivity index (χ1) is 37.4. The average Bonchev–Trinajstić information content (AvgIpc) is 4.07. The second-order valence-electron chi connectivity index (χ2n) is 22.4. The number of carbonyl (C=O) groups is 4. The Labute approximate surface area is 457 Å². The van der Waals surface area contributed by atoms with E-state index < -0.39 is 44.7 Å². The van der Waals surface area contributed by atoms with Crippen LogP contribution in [0.2, 0.25) is 0 Å². The zero-order chi connectivity index (χ0) is 55.3. The van der Waals surface area contributed by atoms with Crippen molar-refractivity contribution in [2.24, 2.45) is 5.92 Å². The van der Waals surface area contributed by atoms with Crippen LogP contribution in [0.25, 0.3) is 10.9 Å². The lowest BCUT2D eigenvalue weighted by molar-refractivity contribution is -0.143. The molecular formula is C56H76N14O7S. The minimum atomic E-state index is -3.85. The molecule has 6 N–H and O–H groups in total. The number of rotatable bonds is 18. The summed E-state index contributed by atoms with van der Waals surface area (Å²) in [5, 5.41) is 23.4. The van der Waals surface area contributed by atoms with Crippen molar-refractivity contribution >= 4 is 61.8 Å². The lowest BCUT2D eigenvalue weighted by Gasteiger charge is -2.35. The van der Waals surface area contributed by atoms with Crippen molar-refractivity contribution in [2.45, 2.75) is 146 Å². The number of hydrogen-bond donors (Lipinski definition) is 6. The molecule has 0 spiro atoms. The maximum absolute atomic E-state index is 14.8. The third-order valence-electron chi connectivity index (χ3n) is 16.1. The van der Waals surface area contributed by atoms with Gasteiger partial charge >= 0.3 is 0 Å². The molecular weight excluding hydrogens is 1010 g/mol. The molecule has 0 bridgehead atoms. The third-order valence-corrected chi connectivity index (χ3v) is 18.7. The van der Waals surface area contributed by atoms with Gasteiger partial charge in [0.25, 0.3) is 5.91 Å². The van der Waals surface area contributed by atoms with E-state index in [0.29, 0.717) is 47.9 Å². The fraction of sp³-hybridized carbons (Fsp3) is 0.554. The predicted molar refractivity (Wildman–Crippen MR) is 297 cm³/mol. The van der Waals surface area contributed by atoms with Crippen molar-refractivity contribution in [3.8, 4) is 5.75 Å². The number of aromatic amines is 1. The Hall–Kier alpha value is -6.78. The van der Waals surface area contributed by atoms with Crippen LogP contribution in [0, 0.1) is 19.8 Å². The van der Waals surface area contributed by atoms with E-state index in [-0.39, 0.29) is 65.6 Å². The van der Waals surface area contributed by atoms with Gasteiger partial charge in [-0.05, 0) is 117 Å². The van der Waals surface area contributed by atoms with Crippen LogP contribution in [-0.2, 0) is 30.6 Å². The summed E-state index contributed by atoms with van der Waals surface area (Å²) < 4.78 is 33.2. The van der Waals surface area contributed by atoms with E-state index >= 15 is 0 Å². The number of amides is 4. The first kappa shape index (κ1) is 56.0. The van der Waals surface area contributed by atoms with E-state index in [9.17, 15) is 27.6 Å². The van der Waals surface area contributed by atoms with Gasteiger partial charge in [-0.15, -0.1) is 0 Å². The zero-order valence-electron chi connectivity index (χ0n) is 46.0. The van der Waals surface area contributed by atoms with E-state index in [1.165, 1.54) is 18.1 Å². The number of H-pyrrole nitrogens is 1. The van der Waals surface area contributed by atoms with Crippen LogP contribution in [0.5, 0.6) is 5.75 Å². The molecule has 9 rings (SSSR count). The number of aryl methyl sites for hydroxylation is 2. The quantitative estimate of drug-likeness (QED) is 0.0614. The minimum Gasteiger partial charge on any atom is -0.492 e. The molecule has 4 aliphatic rings. The van der Waals surface area contributed by atoms with Gasteiger partial charge in [0.15, 0.2) is 15.7 Å². The summed E-state index contributed by atoms with van der Waals surface area (Å²) in [6.07, 6.45) is 12.5. The Morgan fingerprint density at radius 2 is 1.67 bits per heavy atom. The molecule has 5 heterocycles. The number of piperazine rings is 1. The smallest absolute Gasteiger partial charge is 0.271 e. The minimum absolute atomic E-state index is 0.0709. The summed E-state index contributed by atoms with van der Waals surface area (Å²) in [6.45, 7) is 14.5. The molecule has 418 valence electrons. The van der Waals surface area contributed by atoms with Gasteiger partial charge in [0, 0.05) is 68.0 Å². The van der Waals surface area contributed by atoms with Crippen molar-refractivity contribution in [1.82, 2.24) is 61.2 Å². The fourth-order valence-corrected chi connectivity index (χ4v) is 12.4. The molecule has 2 saturated heterocycles. The lowest BCUT2D eigenvalue weighted by atomic mass is 9.83. The standard InChI is InChI=1S/C56H76N14O7S/c1-34-35(2)66-67-50(34)65-51-41-28-47(78(75,76)56(4,5)6)46(29-43(41)60-33-61-51)77-26-14-21-68-22-24-69(25-23-68)48-31-58-44(30-59-48)53(72)62-39-27-45(54(73)63-42-20-13-18-37-15-11-12-19-40(37)42)70(32-39)55(74)49(38-16-9-8-10-17-38)64-52(71)36(3)57-7/h11-12,15,19,28-31,33,36,38-39,42,45,49,57H,8-10,13-14,16-18,20-27,32H2,1-7H3,(H,62,72)(H,63,73)(H,64,71)(H2,60,61,65,66,67)/t36?,39-,42+,45-,49?/m0/s1. The molecule has 2 aromatic carbocycles. The van der Waals surface area contributed by atoms with E-state index in [0.717, 1.165) is 87.8 Å². The Balaban J connectivity index is 0.809. The van der Waals surface area contributed by atoms with Gasteiger partial charge in [-0.2, -0.15) is 5.10 Å². The van der Waals surface area contributed by atoms with Gasteiger partial charge in [0.05, 0.1) is 41.3 Å². The van der Waals surface area contributed by atoms with Crippen LogP contribution in [0.15, 0.2) is 60.0 Å². The highest BCUT2D eigenvalue weighted by Gasteiger charge is 2.45. The monoisotopic (exact) mass is 1090 g/mol. The van der Waals surface area contributed by atoms with Crippen molar-refractivity contribution in [1.29, 1.82) is 0 Å². The summed E-state index contributed by atoms with van der Waals surface area (Å²) >= 11 is 0. The first-order valence-electron chi connectivity index (χ1n) is 27.6. The summed E-state index contributed by atoms with van der Waals surface area (Å²) in [6, 6.07) is 8.43. The predicted octanol–water partition coefficient (Wildman–Crippen LogP) is 5.23. The molecule has 3 aromatic heterocycles. The van der Waals surface area contributed by atoms with Gasteiger partial charge < -0.3 is 41.1 Å². The van der Waals surface area contributed by atoms with Crippen molar-refractivity contribution in [3.63, 3.8) is 0 Å². The number of sulfone groups is 1. The normalized spacial score (nSPS) is 20.2. The number of anilines is 3. The number of aromatic nitrogens is 6. The zero-order valence-corrected chi connectivity index (χ0v) is 46.8. The number of benzene rings is 2. The number of nitrogens with zero attached hydrogens (tertiary/aromatic N) is 8. The highest BCUT2D eigenvalue weighted by molar-refractivity contribution is 7.92. The van der Waals surface area contributed by atoms with E-state index in [4.69, 9.17) is 4.74 Å². The van der Waals surface area contributed by atoms with Crippen LogP contribution in [-0.4, -0.2) is 154 Å². The van der Waals surface area contributed by atoms with Crippen molar-refractivity contribution in [2.75, 3.05) is 63.1 Å². The van der Waals surface area contributed by atoms with Gasteiger partial charge in [-0.25, -0.2) is 28.4 Å². The molecule has 0 radical (unpaired) electrons. The van der Waals surface area contributed by atoms with Crippen LogP contribution < -0.4 is 36.2 Å². The first-order valence-corrected chi connectivity index (χ1v) is 29.1. The maximum atomic E-state index is 14.8. The molecule has 2 aliphatic carbocycles. The average molecular weight is 1090 g/mol. The highest BCUT2D eigenvalue weighted by atomic mass is 32.2. The van der Waals surface area contributed by atoms with Crippen LogP contribution in [0.1, 0.15) is 124 Å². The number of nitrogens with one attached hydrogen (secondary N) is 6. The number of carbonyl (C=O) groups excluding carboxylic acids is 4. The van der Waals surface area contributed by atoms with Crippen LogP contribution >= 0.6 is 0 Å². The number of ether oxygens (including phenoxy) is 1. The lowest BCUT2D eigenvalue weighted by Crippen LogP contribution is -2.58. The molecule has 22 heteroatoms. The Morgan fingerprint density at radius 1 is 0.897 bits per heavy atom. The summed E-state index contributed by atoms with van der Waals surface area (Å²) in [4.78, 5) is 80.6. The highest BCUT2D eigenvalue weighted by Crippen LogP contribution is 2.38. The molecule has 21 nitrogen and oxygen atoms in total. The van der Waals surface area contributed by atoms with Crippen molar-refractivity contribution in [3.05, 3.63) is 83.2 Å². The summed E-state index contributed by atoms with van der Waals surface area (Å²) in [7, 11) is -2.15. The second-order valence-corrected chi connectivity index (χ2v) is 25.0. The van der Waals surface area contributed by atoms with Gasteiger partial charge in [0.2, 0.25) is 17.7 Å². The Morgan fingerprint density at radius 3 is 2.37 bits per heavy atom. The topological polar surface area (TPSA) is 262 Å². The molecule has 78 heavy (non-hydrogen) atoms. The number of hydrogen-bond acceptors (Lipinski definition) is 16. The molecule has 3 fully saturated rings. The molecule has 2 unspecified atom stereocenters. The van der Waals surface area contributed by atoms with Gasteiger partial charge in [-0.1, -0.05) is 43.5 Å².